The van der Waals surface area contributed by atoms with Gasteiger partial charge in [-0.05, 0) is 64.5 Å². The second kappa shape index (κ2) is 11.6. The fourth-order valence-electron chi connectivity index (χ4n) is 6.73. The molecule has 0 aliphatic heterocycles. The van der Waals surface area contributed by atoms with Crippen molar-refractivity contribution in [1.29, 1.82) is 0 Å². The molecule has 0 spiro atoms. The normalized spacial score (nSPS) is 25.1. The quantitative estimate of drug-likeness (QED) is 0.173. The molecule has 43 heavy (non-hydrogen) atoms. The number of aliphatic hydroxyl groups excluding tert-OH is 2. The first-order chi connectivity index (χ1) is 20.1. The molecule has 4 rings (SSSR count). The molecule has 1 saturated carbocycles. The Morgan fingerprint density at radius 1 is 1.12 bits per heavy atom. The van der Waals surface area contributed by atoms with Gasteiger partial charge in [-0.1, -0.05) is 13.3 Å². The number of aliphatic hydroxyl groups is 3. The molecule has 7 N–H and O–H groups in total. The minimum Gasteiger partial charge on any atom is -0.508 e. The number of rotatable bonds is 9. The zero-order valence-electron chi connectivity index (χ0n) is 25.4. The van der Waals surface area contributed by atoms with Crippen LogP contribution in [0.1, 0.15) is 37.3 Å². The van der Waals surface area contributed by atoms with E-state index in [-0.39, 0.29) is 42.1 Å². The number of aromatic hydroxyl groups is 1. The molecule has 1 fully saturated rings. The summed E-state index contributed by atoms with van der Waals surface area (Å²) in [7, 11) is 8.42. The summed E-state index contributed by atoms with van der Waals surface area (Å²) < 4.78 is 0. The zero-order chi connectivity index (χ0) is 32.1. The van der Waals surface area contributed by atoms with Gasteiger partial charge in [0.2, 0.25) is 11.7 Å². The van der Waals surface area contributed by atoms with E-state index in [9.17, 15) is 39.6 Å². The first-order valence-corrected chi connectivity index (χ1v) is 14.3. The Morgan fingerprint density at radius 2 is 1.77 bits per heavy atom. The highest BCUT2D eigenvalue weighted by Crippen LogP contribution is 2.54. The van der Waals surface area contributed by atoms with Crippen LogP contribution < -0.4 is 16.0 Å². The fourth-order valence-corrected chi connectivity index (χ4v) is 6.73. The monoisotopic (exact) mass is 599 g/mol. The van der Waals surface area contributed by atoms with Crippen LogP contribution in [-0.2, 0) is 25.6 Å². The molecule has 2 unspecified atom stereocenters. The van der Waals surface area contributed by atoms with Crippen LogP contribution >= 0.6 is 0 Å². The van der Waals surface area contributed by atoms with Crippen molar-refractivity contribution in [2.75, 3.05) is 58.5 Å². The molecular weight excluding hydrogens is 558 g/mol. The van der Waals surface area contributed by atoms with Crippen molar-refractivity contribution in [3.63, 3.8) is 0 Å². The van der Waals surface area contributed by atoms with E-state index < -0.39 is 63.8 Å². The molecule has 234 valence electrons. The molecule has 4 atom stereocenters. The predicted octanol–water partition coefficient (Wildman–Crippen LogP) is 0.700. The Kier molecular flexibility index (Phi) is 8.65. The van der Waals surface area contributed by atoms with Crippen molar-refractivity contribution in [2.24, 2.45) is 17.6 Å². The van der Waals surface area contributed by atoms with Gasteiger partial charge in [-0.3, -0.25) is 29.0 Å². The number of benzene rings is 1. The third-order valence-corrected chi connectivity index (χ3v) is 8.76. The van der Waals surface area contributed by atoms with Gasteiger partial charge < -0.3 is 36.4 Å². The minimum atomic E-state index is -2.72. The van der Waals surface area contributed by atoms with E-state index in [0.29, 0.717) is 17.8 Å². The number of carbonyl (C=O) groups excluding carboxylic acids is 4. The number of phenols is 1. The van der Waals surface area contributed by atoms with E-state index in [2.05, 4.69) is 5.32 Å². The number of carbonyl (C=O) groups is 4. The molecule has 0 aromatic heterocycles. The van der Waals surface area contributed by atoms with Crippen molar-refractivity contribution in [3.8, 4) is 5.75 Å². The van der Waals surface area contributed by atoms with Crippen molar-refractivity contribution < 1.29 is 39.6 Å². The predicted molar refractivity (Wildman–Crippen MR) is 160 cm³/mol. The molecule has 1 aromatic carbocycles. The number of primary amides is 1. The number of nitrogens with zero attached hydrogens (tertiary/aromatic N) is 3. The first kappa shape index (κ1) is 32.0. The number of Topliss-reactive ketones (excluding diaryl/α,β-unsaturated/α-hetero) is 2. The molecule has 1 aromatic rings. The molecule has 0 heterocycles. The summed E-state index contributed by atoms with van der Waals surface area (Å²) in [6, 6.07) is 0.435. The van der Waals surface area contributed by atoms with Crippen molar-refractivity contribution in [3.05, 3.63) is 34.1 Å². The van der Waals surface area contributed by atoms with Gasteiger partial charge in [0.15, 0.2) is 11.4 Å². The number of unbranched alkanes of at least 4 members (excludes halogenated alkanes) is 1. The molecule has 3 aliphatic rings. The molecule has 0 radical (unpaired) electrons. The summed E-state index contributed by atoms with van der Waals surface area (Å²) in [6.45, 7) is 2.82. The Balaban J connectivity index is 1.86. The smallest absolute Gasteiger partial charge is 0.255 e. The Labute approximate surface area is 250 Å². The summed E-state index contributed by atoms with van der Waals surface area (Å²) in [4.78, 5) is 57.4. The number of fused-ring (bicyclic) bond motifs is 3. The Hall–Kier alpha value is -3.94. The largest absolute Gasteiger partial charge is 0.508 e. The zero-order valence-corrected chi connectivity index (χ0v) is 25.4. The van der Waals surface area contributed by atoms with E-state index in [1.54, 1.807) is 39.2 Å². The van der Waals surface area contributed by atoms with Gasteiger partial charge >= 0.3 is 0 Å². The van der Waals surface area contributed by atoms with Crippen LogP contribution in [0.15, 0.2) is 23.0 Å². The Morgan fingerprint density at radius 3 is 2.33 bits per heavy atom. The van der Waals surface area contributed by atoms with Gasteiger partial charge in [0.05, 0.1) is 23.8 Å². The lowest BCUT2D eigenvalue weighted by molar-refractivity contribution is -0.153. The number of phenolic OH excluding ortho intramolecular Hbond substituents is 1. The average molecular weight is 600 g/mol. The number of anilines is 2. The van der Waals surface area contributed by atoms with Gasteiger partial charge in [0.1, 0.15) is 22.8 Å². The highest BCUT2D eigenvalue weighted by atomic mass is 16.3. The second-order valence-electron chi connectivity index (χ2n) is 12.1. The van der Waals surface area contributed by atoms with Crippen molar-refractivity contribution >= 4 is 40.5 Å². The van der Waals surface area contributed by atoms with Crippen LogP contribution in [-0.4, -0.2) is 114 Å². The van der Waals surface area contributed by atoms with Gasteiger partial charge in [0.25, 0.3) is 5.91 Å². The minimum absolute atomic E-state index is 0.0119. The lowest BCUT2D eigenvalue weighted by Crippen LogP contribution is -2.65. The Bertz CT molecular complexity index is 1450. The summed E-state index contributed by atoms with van der Waals surface area (Å²) >= 11 is 0. The van der Waals surface area contributed by atoms with Crippen molar-refractivity contribution in [2.45, 2.75) is 44.2 Å². The van der Waals surface area contributed by atoms with Gasteiger partial charge in [0, 0.05) is 31.3 Å². The molecular formula is C30H41N5O8. The van der Waals surface area contributed by atoms with Crippen LogP contribution in [0.5, 0.6) is 5.75 Å². The summed E-state index contributed by atoms with van der Waals surface area (Å²) in [5, 5.41) is 48.4. The van der Waals surface area contributed by atoms with E-state index in [4.69, 9.17) is 5.73 Å². The number of nitrogens with two attached hydrogens (primary N) is 1. The van der Waals surface area contributed by atoms with Crippen LogP contribution in [0.2, 0.25) is 0 Å². The van der Waals surface area contributed by atoms with E-state index in [1.165, 1.54) is 4.90 Å². The van der Waals surface area contributed by atoms with Gasteiger partial charge in [-0.2, -0.15) is 0 Å². The summed E-state index contributed by atoms with van der Waals surface area (Å²) in [5.41, 5.74) is 2.55. The molecule has 13 heteroatoms. The molecule has 3 aliphatic carbocycles. The maximum atomic E-state index is 14.1. The topological polar surface area (TPSA) is 197 Å². The van der Waals surface area contributed by atoms with Gasteiger partial charge in [-0.25, -0.2) is 0 Å². The standard InChI is InChI=1S/C30H41N5O8/c1-7-8-9-35(6)13-19(36)32-17-12-18(33(2)3)15-10-14-11-16-23(34(4)5)26(39)22(29(31)42)28(41)30(16,43)27(40)20(14)25(38)21(15)24(17)37/h12,14,16,23,37-38,41,43H,7-11,13H2,1-6H3,(H2,31,42)(H,32,36)/t14?,16?,23-,30-/m0/s1. The number of hydrogen-bond acceptors (Lipinski definition) is 11. The number of nitrogens with one attached hydrogen (secondary N) is 1. The average Bonchev–Trinajstić information content (AvgIpc) is 2.90. The summed E-state index contributed by atoms with van der Waals surface area (Å²) in [6.07, 6.45) is 2.01. The second-order valence-corrected chi connectivity index (χ2v) is 12.1. The number of ketones is 2. The SMILES string of the molecule is CCCCN(C)CC(=O)Nc1cc(N(C)C)c2c(c1O)C(O)=C1C(=O)[C@]3(O)C(O)=C(C(N)=O)C(=O)[C@@H](N(C)C)C3CC1C2. The van der Waals surface area contributed by atoms with Crippen molar-refractivity contribution in [1.82, 2.24) is 9.80 Å². The summed E-state index contributed by atoms with van der Waals surface area (Å²) in [5.74, 6) is -7.66. The highest BCUT2D eigenvalue weighted by Gasteiger charge is 2.64. The number of amides is 2. The van der Waals surface area contributed by atoms with Crippen LogP contribution in [0.25, 0.3) is 5.76 Å². The van der Waals surface area contributed by atoms with E-state index in [1.807, 2.05) is 18.9 Å². The number of hydrogen-bond donors (Lipinski definition) is 6. The third-order valence-electron chi connectivity index (χ3n) is 8.76. The molecule has 2 amide bonds. The maximum absolute atomic E-state index is 14.1. The first-order valence-electron chi connectivity index (χ1n) is 14.3. The third kappa shape index (κ3) is 5.15. The molecule has 0 saturated heterocycles. The van der Waals surface area contributed by atoms with Crippen LogP contribution in [0.4, 0.5) is 11.4 Å². The van der Waals surface area contributed by atoms with Crippen LogP contribution in [0, 0.1) is 11.8 Å². The molecule has 0 bridgehead atoms. The van der Waals surface area contributed by atoms with Crippen LogP contribution in [0.3, 0.4) is 0 Å². The fraction of sp³-hybridized carbons (Fsp3) is 0.533. The number of likely N-dealkylation sites (N-methyl/N-ethyl adjacent to an activating group) is 2. The lowest BCUT2D eigenvalue weighted by Gasteiger charge is -2.50. The lowest BCUT2D eigenvalue weighted by atomic mass is 9.57. The molecule has 13 nitrogen and oxygen atoms in total. The van der Waals surface area contributed by atoms with Gasteiger partial charge in [-0.15, -0.1) is 0 Å². The van der Waals surface area contributed by atoms with E-state index in [0.717, 1.165) is 12.8 Å². The highest BCUT2D eigenvalue weighted by molar-refractivity contribution is 6.24. The maximum Gasteiger partial charge on any atom is 0.255 e. The van der Waals surface area contributed by atoms with E-state index >= 15 is 0 Å².